The first-order valence-corrected chi connectivity index (χ1v) is 10.1. The molecule has 1 saturated heterocycles. The molecule has 3 amide bonds. The molecule has 2 aromatic rings. The number of rotatable bonds is 6. The molecule has 1 heterocycles. The Labute approximate surface area is 192 Å². The molecule has 0 saturated carbocycles. The molecular formula is C22H21F4N5O3. The highest BCUT2D eigenvalue weighted by Crippen LogP contribution is 2.16. The molecule has 34 heavy (non-hydrogen) atoms. The predicted octanol–water partition coefficient (Wildman–Crippen LogP) is 1.56. The summed E-state index contributed by atoms with van der Waals surface area (Å²) in [5.41, 5.74) is 5.47. The number of nitrogens with two attached hydrogens (primary N) is 1. The fourth-order valence-corrected chi connectivity index (χ4v) is 3.20. The quantitative estimate of drug-likeness (QED) is 0.331. The van der Waals surface area contributed by atoms with E-state index >= 15 is 0 Å². The average Bonchev–Trinajstić information content (AvgIpc) is 2.83. The summed E-state index contributed by atoms with van der Waals surface area (Å²) >= 11 is 0. The molecule has 12 heteroatoms. The van der Waals surface area contributed by atoms with Gasteiger partial charge in [-0.25, -0.2) is 17.6 Å². The summed E-state index contributed by atoms with van der Waals surface area (Å²) in [7, 11) is 0. The van der Waals surface area contributed by atoms with Gasteiger partial charge in [-0.3, -0.25) is 14.4 Å². The average molecular weight is 479 g/mol. The van der Waals surface area contributed by atoms with Crippen molar-refractivity contribution < 1.29 is 31.9 Å². The first kappa shape index (κ1) is 24.6. The van der Waals surface area contributed by atoms with Gasteiger partial charge in [0.05, 0.1) is 6.54 Å². The first-order chi connectivity index (χ1) is 16.2. The Hall–Kier alpha value is -4.09. The zero-order chi connectivity index (χ0) is 24.8. The molecule has 2 aromatic carbocycles. The van der Waals surface area contributed by atoms with Crippen molar-refractivity contribution in [1.82, 2.24) is 15.1 Å². The van der Waals surface area contributed by atoms with Crippen LogP contribution in [0.2, 0.25) is 0 Å². The standard InChI is InChI=1S/C22H21F4N5O3/c23-14-2-1-3-15(10-14)28-11-18(27)21(33)29-12-19(32)30-4-6-31(7-5-30)22(34)13-8-16(24)20(26)17(25)9-13/h1-3,8-11,28H,4-7,12,27H2,(H,29,33)/b18-11-. The maximum Gasteiger partial charge on any atom is 0.269 e. The molecule has 0 spiro atoms. The van der Waals surface area contributed by atoms with Crippen molar-refractivity contribution >= 4 is 23.4 Å². The minimum atomic E-state index is -1.66. The summed E-state index contributed by atoms with van der Waals surface area (Å²) < 4.78 is 53.0. The lowest BCUT2D eigenvalue weighted by atomic mass is 10.1. The Morgan fingerprint density at radius 1 is 0.941 bits per heavy atom. The molecule has 4 N–H and O–H groups in total. The van der Waals surface area contributed by atoms with Gasteiger partial charge in [-0.1, -0.05) is 6.07 Å². The smallest absolute Gasteiger partial charge is 0.269 e. The van der Waals surface area contributed by atoms with Crippen LogP contribution in [0, 0.1) is 23.3 Å². The van der Waals surface area contributed by atoms with Gasteiger partial charge in [0.15, 0.2) is 17.5 Å². The molecule has 1 aliphatic rings. The van der Waals surface area contributed by atoms with Gasteiger partial charge in [-0.2, -0.15) is 0 Å². The fourth-order valence-electron chi connectivity index (χ4n) is 3.20. The number of carbonyl (C=O) groups is 3. The normalized spacial score (nSPS) is 14.1. The number of nitrogens with one attached hydrogen (secondary N) is 2. The van der Waals surface area contributed by atoms with Crippen molar-refractivity contribution in [3.63, 3.8) is 0 Å². The number of benzene rings is 2. The van der Waals surface area contributed by atoms with Gasteiger partial charge < -0.3 is 26.2 Å². The van der Waals surface area contributed by atoms with E-state index in [4.69, 9.17) is 5.73 Å². The third-order valence-corrected chi connectivity index (χ3v) is 5.03. The van der Waals surface area contributed by atoms with Crippen molar-refractivity contribution in [2.45, 2.75) is 0 Å². The minimum Gasteiger partial charge on any atom is -0.393 e. The highest BCUT2D eigenvalue weighted by molar-refractivity contribution is 5.96. The van der Waals surface area contributed by atoms with Gasteiger partial charge in [0.25, 0.3) is 11.8 Å². The van der Waals surface area contributed by atoms with Crippen LogP contribution in [0.5, 0.6) is 0 Å². The molecule has 0 bridgehead atoms. The number of hydrogen-bond acceptors (Lipinski definition) is 5. The van der Waals surface area contributed by atoms with Crippen molar-refractivity contribution in [2.75, 3.05) is 38.0 Å². The molecule has 0 aliphatic carbocycles. The van der Waals surface area contributed by atoms with Crippen LogP contribution in [0.3, 0.4) is 0 Å². The molecule has 0 unspecified atom stereocenters. The Morgan fingerprint density at radius 2 is 1.56 bits per heavy atom. The third kappa shape index (κ3) is 6.03. The summed E-state index contributed by atoms with van der Waals surface area (Å²) in [6.45, 7) is 0.0607. The third-order valence-electron chi connectivity index (χ3n) is 5.03. The molecular weight excluding hydrogens is 458 g/mol. The molecule has 180 valence electrons. The van der Waals surface area contributed by atoms with Gasteiger partial charge >= 0.3 is 0 Å². The van der Waals surface area contributed by atoms with E-state index in [9.17, 15) is 31.9 Å². The second-order valence-corrected chi connectivity index (χ2v) is 7.36. The summed E-state index contributed by atoms with van der Waals surface area (Å²) in [5, 5.41) is 5.04. The van der Waals surface area contributed by atoms with Crippen molar-refractivity contribution in [2.24, 2.45) is 5.73 Å². The van der Waals surface area contributed by atoms with E-state index < -0.39 is 41.0 Å². The van der Waals surface area contributed by atoms with E-state index in [1.807, 2.05) is 0 Å². The van der Waals surface area contributed by atoms with Crippen LogP contribution in [0.1, 0.15) is 10.4 Å². The molecule has 0 aromatic heterocycles. The van der Waals surface area contributed by atoms with Crippen LogP contribution >= 0.6 is 0 Å². The lowest BCUT2D eigenvalue weighted by molar-refractivity contribution is -0.133. The summed E-state index contributed by atoms with van der Waals surface area (Å²) in [6.07, 6.45) is 1.17. The maximum atomic E-state index is 13.4. The number of nitrogens with zero attached hydrogens (tertiary/aromatic N) is 2. The number of hydrogen-bond donors (Lipinski definition) is 3. The highest BCUT2D eigenvalue weighted by atomic mass is 19.2. The van der Waals surface area contributed by atoms with Gasteiger partial charge in [0.1, 0.15) is 11.5 Å². The van der Waals surface area contributed by atoms with Crippen LogP contribution in [0.15, 0.2) is 48.3 Å². The van der Waals surface area contributed by atoms with E-state index in [1.54, 1.807) is 6.07 Å². The largest absolute Gasteiger partial charge is 0.393 e. The van der Waals surface area contributed by atoms with Crippen LogP contribution in [-0.2, 0) is 9.59 Å². The molecule has 3 rings (SSSR count). The summed E-state index contributed by atoms with van der Waals surface area (Å²) in [6, 6.07) is 6.75. The lowest BCUT2D eigenvalue weighted by Crippen LogP contribution is -2.52. The zero-order valence-corrected chi connectivity index (χ0v) is 17.8. The predicted molar refractivity (Wildman–Crippen MR) is 114 cm³/mol. The fraction of sp³-hybridized carbons (Fsp3) is 0.227. The van der Waals surface area contributed by atoms with Crippen LogP contribution in [-0.4, -0.2) is 60.2 Å². The topological polar surface area (TPSA) is 108 Å². The SMILES string of the molecule is N/C(=C\Nc1cccc(F)c1)C(=O)NCC(=O)N1CCN(C(=O)c2cc(F)c(F)c(F)c2)CC1. The number of carbonyl (C=O) groups excluding carboxylic acids is 3. The van der Waals surface area contributed by atoms with Crippen LogP contribution in [0.25, 0.3) is 0 Å². The lowest BCUT2D eigenvalue weighted by Gasteiger charge is -2.34. The monoisotopic (exact) mass is 479 g/mol. The molecule has 1 aliphatic heterocycles. The summed E-state index contributed by atoms with van der Waals surface area (Å²) in [4.78, 5) is 39.5. The van der Waals surface area contributed by atoms with Crippen molar-refractivity contribution in [1.29, 1.82) is 0 Å². The molecule has 0 atom stereocenters. The summed E-state index contributed by atoms with van der Waals surface area (Å²) in [5.74, 6) is -6.89. The molecule has 0 radical (unpaired) electrons. The Morgan fingerprint density at radius 3 is 2.18 bits per heavy atom. The number of anilines is 1. The Bertz CT molecular complexity index is 1110. The van der Waals surface area contributed by atoms with Crippen LogP contribution < -0.4 is 16.4 Å². The maximum absolute atomic E-state index is 13.4. The first-order valence-electron chi connectivity index (χ1n) is 10.1. The second-order valence-electron chi connectivity index (χ2n) is 7.36. The Kier molecular flexibility index (Phi) is 7.71. The van der Waals surface area contributed by atoms with E-state index in [-0.39, 0.29) is 44.0 Å². The number of halogens is 4. The number of piperazine rings is 1. The molecule has 1 fully saturated rings. The minimum absolute atomic E-state index is 0.0821. The number of amides is 3. The zero-order valence-electron chi connectivity index (χ0n) is 17.8. The van der Waals surface area contributed by atoms with E-state index in [2.05, 4.69) is 10.6 Å². The van der Waals surface area contributed by atoms with Crippen molar-refractivity contribution in [3.8, 4) is 0 Å². The van der Waals surface area contributed by atoms with Gasteiger partial charge in [-0.05, 0) is 30.3 Å². The van der Waals surface area contributed by atoms with Gasteiger partial charge in [-0.15, -0.1) is 0 Å². The second kappa shape index (κ2) is 10.7. The van der Waals surface area contributed by atoms with Gasteiger partial charge in [0.2, 0.25) is 5.91 Å². The van der Waals surface area contributed by atoms with E-state index in [0.29, 0.717) is 17.8 Å². The van der Waals surface area contributed by atoms with Crippen molar-refractivity contribution in [3.05, 3.63) is 77.1 Å². The van der Waals surface area contributed by atoms with Gasteiger partial charge in [0, 0.05) is 43.6 Å². The Balaban J connectivity index is 1.46. The van der Waals surface area contributed by atoms with E-state index in [1.165, 1.54) is 34.2 Å². The molecule has 8 nitrogen and oxygen atoms in total. The highest BCUT2D eigenvalue weighted by Gasteiger charge is 2.26. The van der Waals surface area contributed by atoms with Crippen LogP contribution in [0.4, 0.5) is 23.2 Å². The van der Waals surface area contributed by atoms with E-state index in [0.717, 1.165) is 0 Å².